The first kappa shape index (κ1) is 31.2. The van der Waals surface area contributed by atoms with E-state index in [1.54, 1.807) is 0 Å². The maximum Gasteiger partial charge on any atom is 0.171 e. The highest BCUT2D eigenvalue weighted by Gasteiger charge is 2.29. The second-order valence-electron chi connectivity index (χ2n) is 12.3. The van der Waals surface area contributed by atoms with E-state index in [-0.39, 0.29) is 0 Å². The highest BCUT2D eigenvalue weighted by molar-refractivity contribution is 7.85. The molecule has 0 unspecified atom stereocenters. The molecule has 8 aromatic rings. The fraction of sp³-hybridized carbons (Fsp3) is 0.0222. The molecule has 0 aliphatic heterocycles. The van der Waals surface area contributed by atoms with Crippen LogP contribution in [0.15, 0.2) is 183 Å². The molecule has 0 amide bonds. The largest absolute Gasteiger partial charge is 0.309 e. The molecule has 0 atom stereocenters. The first-order valence-electron chi connectivity index (χ1n) is 16.6. The number of allylic oxidation sites excluding steroid dienone is 5. The number of nitrogens with zero attached hydrogens (tertiary/aromatic N) is 3. The molecule has 0 radical (unpaired) electrons. The molecule has 0 saturated carbocycles. The number of hydrogen-bond donors (Lipinski definition) is 0. The van der Waals surface area contributed by atoms with Gasteiger partial charge in [-0.2, -0.15) is 0 Å². The zero-order valence-corrected chi connectivity index (χ0v) is 28.5. The summed E-state index contributed by atoms with van der Waals surface area (Å²) in [6, 6.07) is 52.6. The Kier molecular flexibility index (Phi) is 8.16. The Bertz CT molecular complexity index is 2580. The van der Waals surface area contributed by atoms with Gasteiger partial charge in [0.1, 0.15) is 11.5 Å². The summed E-state index contributed by atoms with van der Waals surface area (Å²) in [5.74, 6) is 0.773. The van der Waals surface area contributed by atoms with E-state index in [1.807, 2.05) is 103 Å². The van der Waals surface area contributed by atoms with Crippen LogP contribution < -0.4 is 15.9 Å². The molecule has 0 aliphatic rings. The normalized spacial score (nSPS) is 12.5. The third-order valence-electron chi connectivity index (χ3n) is 9.26. The molecule has 0 saturated heterocycles. The van der Waals surface area contributed by atoms with E-state index in [0.29, 0.717) is 0 Å². The minimum atomic E-state index is -3.04. The molecule has 6 aromatic carbocycles. The van der Waals surface area contributed by atoms with Crippen LogP contribution in [0.4, 0.5) is 0 Å². The van der Waals surface area contributed by atoms with Crippen LogP contribution in [-0.2, 0) is 4.57 Å². The lowest BCUT2D eigenvalue weighted by molar-refractivity contribution is 0.592. The van der Waals surface area contributed by atoms with Gasteiger partial charge < -0.3 is 4.57 Å². The monoisotopic (exact) mass is 663 g/mol. The third-order valence-corrected chi connectivity index (χ3v) is 12.3. The molecular formula is C45H34N3OP. The van der Waals surface area contributed by atoms with Crippen molar-refractivity contribution in [3.63, 3.8) is 0 Å². The van der Waals surface area contributed by atoms with Crippen molar-refractivity contribution in [2.24, 2.45) is 0 Å². The third kappa shape index (κ3) is 5.50. The number of rotatable bonds is 8. The molecule has 2 aromatic heterocycles. The average Bonchev–Trinajstić information content (AvgIpc) is 3.59. The fourth-order valence-electron chi connectivity index (χ4n) is 6.60. The van der Waals surface area contributed by atoms with Gasteiger partial charge >= 0.3 is 0 Å². The molecule has 4 nitrogen and oxygen atoms in total. The van der Waals surface area contributed by atoms with Crippen molar-refractivity contribution in [3.05, 3.63) is 194 Å². The summed E-state index contributed by atoms with van der Waals surface area (Å²) < 4.78 is 17.0. The molecule has 0 fully saturated rings. The molecule has 5 heteroatoms. The van der Waals surface area contributed by atoms with Crippen LogP contribution in [0.5, 0.6) is 0 Å². The van der Waals surface area contributed by atoms with Gasteiger partial charge in [-0.1, -0.05) is 158 Å². The number of imidazole rings is 1. The van der Waals surface area contributed by atoms with Crippen LogP contribution in [0.25, 0.3) is 49.9 Å². The number of hydrogen-bond acceptors (Lipinski definition) is 3. The summed E-state index contributed by atoms with van der Waals surface area (Å²) in [4.78, 5) is 10.3. The standard InChI is InChI=1S/C45H34N3OP/c1-3-33(24-23-32(2)34-25-28-39(29-26-34)50(49,37-17-9-5-10-18-37)38-19-11-6-12-20-38)44-46-41-30-27-36(35-15-7-4-8-16-35)31-40(41)45-47-42-21-13-14-22-43(42)48(44)45/h3-31H,1H2,2H3/b32-23+,33-24+. The Morgan fingerprint density at radius 3 is 1.88 bits per heavy atom. The van der Waals surface area contributed by atoms with Crippen molar-refractivity contribution < 1.29 is 4.57 Å². The van der Waals surface area contributed by atoms with Crippen LogP contribution in [0, 0.1) is 0 Å². The molecular weight excluding hydrogens is 629 g/mol. The van der Waals surface area contributed by atoms with Crippen LogP contribution >= 0.6 is 7.14 Å². The van der Waals surface area contributed by atoms with Crippen LogP contribution in [0.2, 0.25) is 0 Å². The van der Waals surface area contributed by atoms with E-state index in [1.165, 1.54) is 0 Å². The van der Waals surface area contributed by atoms with Gasteiger partial charge in [-0.3, -0.25) is 4.40 Å². The summed E-state index contributed by atoms with van der Waals surface area (Å²) in [5.41, 5.74) is 8.87. The Labute approximate surface area is 291 Å². The van der Waals surface area contributed by atoms with Gasteiger partial charge in [0, 0.05) is 26.9 Å². The summed E-state index contributed by atoms with van der Waals surface area (Å²) >= 11 is 0. The molecule has 50 heavy (non-hydrogen) atoms. The highest BCUT2D eigenvalue weighted by atomic mass is 31.2. The zero-order chi connectivity index (χ0) is 34.1. The summed E-state index contributed by atoms with van der Waals surface area (Å²) in [7, 11) is -3.04. The van der Waals surface area contributed by atoms with E-state index in [0.717, 1.165) is 77.2 Å². The number of benzene rings is 6. The van der Waals surface area contributed by atoms with Gasteiger partial charge in [0.25, 0.3) is 0 Å². The lowest BCUT2D eigenvalue weighted by Gasteiger charge is -2.20. The summed E-state index contributed by atoms with van der Waals surface area (Å²) in [6.45, 7) is 6.27. The Hall–Kier alpha value is -6.09. The summed E-state index contributed by atoms with van der Waals surface area (Å²) in [6.07, 6.45) is 6.01. The van der Waals surface area contributed by atoms with Crippen molar-refractivity contribution in [1.29, 1.82) is 0 Å². The zero-order valence-electron chi connectivity index (χ0n) is 27.6. The predicted octanol–water partition coefficient (Wildman–Crippen LogP) is 10.0. The van der Waals surface area contributed by atoms with Crippen LogP contribution in [0.3, 0.4) is 0 Å². The van der Waals surface area contributed by atoms with Crippen molar-refractivity contribution >= 4 is 61.8 Å². The van der Waals surface area contributed by atoms with E-state index in [9.17, 15) is 4.57 Å². The van der Waals surface area contributed by atoms with Crippen molar-refractivity contribution in [1.82, 2.24) is 14.4 Å². The van der Waals surface area contributed by atoms with Gasteiger partial charge in [-0.15, -0.1) is 0 Å². The second-order valence-corrected chi connectivity index (χ2v) is 15.1. The maximum absolute atomic E-state index is 14.8. The van der Waals surface area contributed by atoms with Crippen molar-refractivity contribution in [2.75, 3.05) is 0 Å². The SMILES string of the molecule is C=C/C(=C\C=C(/C)c1ccc(P(=O)(c2ccccc2)c2ccccc2)cc1)c1nc2ccc(-c3ccccc3)cc2c2nc3ccccc3n12. The van der Waals surface area contributed by atoms with Gasteiger partial charge in [0.15, 0.2) is 7.14 Å². The lowest BCUT2D eigenvalue weighted by atomic mass is 10.0. The van der Waals surface area contributed by atoms with E-state index in [4.69, 9.17) is 9.97 Å². The molecule has 240 valence electrons. The van der Waals surface area contributed by atoms with Gasteiger partial charge in [0.2, 0.25) is 0 Å². The minimum Gasteiger partial charge on any atom is -0.309 e. The van der Waals surface area contributed by atoms with Gasteiger partial charge in [-0.05, 0) is 53.5 Å². The molecule has 8 rings (SSSR count). The Morgan fingerprint density at radius 2 is 1.22 bits per heavy atom. The second kappa shape index (κ2) is 13.1. The van der Waals surface area contributed by atoms with E-state index < -0.39 is 7.14 Å². The Morgan fingerprint density at radius 1 is 0.620 bits per heavy atom. The predicted molar refractivity (Wildman–Crippen MR) is 211 cm³/mol. The molecule has 0 spiro atoms. The number of fused-ring (bicyclic) bond motifs is 5. The minimum absolute atomic E-state index is 0.773. The first-order valence-corrected chi connectivity index (χ1v) is 18.4. The highest BCUT2D eigenvalue weighted by Crippen LogP contribution is 2.42. The quantitative estimate of drug-likeness (QED) is 0.120. The van der Waals surface area contributed by atoms with E-state index in [2.05, 4.69) is 90.7 Å². The smallest absolute Gasteiger partial charge is 0.171 e. The van der Waals surface area contributed by atoms with Gasteiger partial charge in [0.05, 0.1) is 16.6 Å². The number of aromatic nitrogens is 3. The van der Waals surface area contributed by atoms with Crippen molar-refractivity contribution in [2.45, 2.75) is 6.92 Å². The fourth-order valence-corrected chi connectivity index (χ4v) is 9.25. The Balaban J connectivity index is 1.20. The molecule has 0 aliphatic carbocycles. The maximum atomic E-state index is 14.8. The van der Waals surface area contributed by atoms with E-state index >= 15 is 0 Å². The van der Waals surface area contributed by atoms with Gasteiger partial charge in [-0.25, -0.2) is 9.97 Å². The average molecular weight is 664 g/mol. The molecule has 0 bridgehead atoms. The first-order chi connectivity index (χ1) is 24.5. The lowest BCUT2D eigenvalue weighted by Crippen LogP contribution is -2.24. The van der Waals surface area contributed by atoms with Crippen LogP contribution in [-0.4, -0.2) is 14.4 Å². The van der Waals surface area contributed by atoms with Crippen LogP contribution in [0.1, 0.15) is 18.3 Å². The van der Waals surface area contributed by atoms with Crippen molar-refractivity contribution in [3.8, 4) is 11.1 Å². The topological polar surface area (TPSA) is 47.3 Å². The number of para-hydroxylation sites is 2. The molecule has 2 heterocycles. The molecule has 0 N–H and O–H groups in total. The summed E-state index contributed by atoms with van der Waals surface area (Å²) in [5, 5.41) is 3.44.